The van der Waals surface area contributed by atoms with Crippen molar-refractivity contribution in [3.8, 4) is 0 Å². The second-order valence-corrected chi connectivity index (χ2v) is 4.22. The van der Waals surface area contributed by atoms with E-state index < -0.39 is 0 Å². The predicted octanol–water partition coefficient (Wildman–Crippen LogP) is 3.80. The van der Waals surface area contributed by atoms with Gasteiger partial charge < -0.3 is 10.6 Å². The van der Waals surface area contributed by atoms with E-state index in [0.29, 0.717) is 5.11 Å². The highest BCUT2D eigenvalue weighted by molar-refractivity contribution is 7.80. The summed E-state index contributed by atoms with van der Waals surface area (Å²) < 4.78 is 0. The van der Waals surface area contributed by atoms with Crippen molar-refractivity contribution >= 4 is 28.7 Å². The van der Waals surface area contributed by atoms with Gasteiger partial charge >= 0.3 is 0 Å². The Morgan fingerprint density at radius 1 is 0.882 bits per heavy atom. The van der Waals surface area contributed by atoms with Crippen molar-refractivity contribution < 1.29 is 0 Å². The Morgan fingerprint density at radius 2 is 1.53 bits per heavy atom. The summed E-state index contributed by atoms with van der Waals surface area (Å²) in [4.78, 5) is 0. The zero-order valence-corrected chi connectivity index (χ0v) is 10.4. The quantitative estimate of drug-likeness (QED) is 0.783. The molecule has 0 heterocycles. The number of nitrogens with one attached hydrogen (secondary N) is 2. The molecule has 0 unspecified atom stereocenters. The van der Waals surface area contributed by atoms with Crippen molar-refractivity contribution in [2.24, 2.45) is 0 Å². The van der Waals surface area contributed by atoms with Gasteiger partial charge in [-0.2, -0.15) is 0 Å². The third-order valence-corrected chi connectivity index (χ3v) is 2.51. The number of thiocarbonyl (C=S) groups is 1. The number of hydrogen-bond donors (Lipinski definition) is 2. The van der Waals surface area contributed by atoms with Crippen LogP contribution in [0.25, 0.3) is 0 Å². The van der Waals surface area contributed by atoms with Crippen LogP contribution in [0, 0.1) is 6.92 Å². The number of hydrogen-bond acceptors (Lipinski definition) is 1. The second-order valence-electron chi connectivity index (χ2n) is 3.81. The first-order valence-electron chi connectivity index (χ1n) is 5.44. The average Bonchev–Trinajstić information content (AvgIpc) is 2.30. The molecule has 17 heavy (non-hydrogen) atoms. The number of para-hydroxylation sites is 1. The molecule has 0 aliphatic carbocycles. The fourth-order valence-electron chi connectivity index (χ4n) is 1.54. The van der Waals surface area contributed by atoms with Crippen LogP contribution in [0.1, 0.15) is 5.56 Å². The molecule has 2 aromatic carbocycles. The van der Waals surface area contributed by atoms with E-state index in [1.165, 1.54) is 5.56 Å². The van der Waals surface area contributed by atoms with Crippen molar-refractivity contribution in [3.05, 3.63) is 60.2 Å². The van der Waals surface area contributed by atoms with Crippen LogP contribution in [0.15, 0.2) is 54.6 Å². The number of rotatable bonds is 2. The first-order chi connectivity index (χ1) is 8.24. The number of aryl methyl sites for hydroxylation is 1. The molecule has 2 N–H and O–H groups in total. The summed E-state index contributed by atoms with van der Waals surface area (Å²) in [5, 5.41) is 6.88. The van der Waals surface area contributed by atoms with E-state index in [1.807, 2.05) is 42.5 Å². The van der Waals surface area contributed by atoms with E-state index in [0.717, 1.165) is 11.4 Å². The van der Waals surface area contributed by atoms with Crippen LogP contribution in [0.4, 0.5) is 11.4 Å². The number of benzene rings is 2. The van der Waals surface area contributed by atoms with Gasteiger partial charge in [-0.3, -0.25) is 0 Å². The fourth-order valence-corrected chi connectivity index (χ4v) is 1.77. The standard InChI is InChI=1S/C14H14N2S/c1-11-6-5-9-13(10-11)16-14(17)15-12-7-3-2-4-8-12/h2-10H,1H3,(H2,15,16,17). The average molecular weight is 242 g/mol. The molecule has 0 aromatic heterocycles. The zero-order valence-electron chi connectivity index (χ0n) is 9.60. The summed E-state index contributed by atoms with van der Waals surface area (Å²) in [6.45, 7) is 2.05. The molecule has 0 bridgehead atoms. The molecule has 2 rings (SSSR count). The normalized spacial score (nSPS) is 9.71. The van der Waals surface area contributed by atoms with Gasteiger partial charge in [0.15, 0.2) is 5.11 Å². The molecule has 0 saturated heterocycles. The summed E-state index contributed by atoms with van der Waals surface area (Å²) in [5.41, 5.74) is 3.19. The summed E-state index contributed by atoms with van der Waals surface area (Å²) in [5.74, 6) is 0. The van der Waals surface area contributed by atoms with Gasteiger partial charge in [0.2, 0.25) is 0 Å². The van der Waals surface area contributed by atoms with E-state index in [4.69, 9.17) is 12.2 Å². The predicted molar refractivity (Wildman–Crippen MR) is 77.5 cm³/mol. The highest BCUT2D eigenvalue weighted by Gasteiger charge is 1.98. The minimum Gasteiger partial charge on any atom is -0.332 e. The van der Waals surface area contributed by atoms with Gasteiger partial charge in [0.05, 0.1) is 0 Å². The first-order valence-corrected chi connectivity index (χ1v) is 5.84. The van der Waals surface area contributed by atoms with Crippen LogP contribution in [0.2, 0.25) is 0 Å². The Balaban J connectivity index is 1.98. The Morgan fingerprint density at radius 3 is 2.24 bits per heavy atom. The highest BCUT2D eigenvalue weighted by atomic mass is 32.1. The molecular formula is C14H14N2S. The van der Waals surface area contributed by atoms with Gasteiger partial charge in [0.1, 0.15) is 0 Å². The Kier molecular flexibility index (Phi) is 3.73. The maximum Gasteiger partial charge on any atom is 0.175 e. The number of anilines is 2. The third kappa shape index (κ3) is 3.57. The molecule has 0 fully saturated rings. The maximum absolute atomic E-state index is 5.24. The summed E-state index contributed by atoms with van der Waals surface area (Å²) >= 11 is 5.24. The van der Waals surface area contributed by atoms with E-state index in [1.54, 1.807) is 0 Å². The van der Waals surface area contributed by atoms with Crippen LogP contribution in [0.3, 0.4) is 0 Å². The van der Waals surface area contributed by atoms with Gasteiger partial charge in [-0.25, -0.2) is 0 Å². The molecule has 0 amide bonds. The Hall–Kier alpha value is -1.87. The molecule has 0 radical (unpaired) electrons. The lowest BCUT2D eigenvalue weighted by molar-refractivity contribution is 1.46. The SMILES string of the molecule is Cc1cccc(NC(=S)Nc2ccccc2)c1. The maximum atomic E-state index is 5.24. The molecule has 86 valence electrons. The van der Waals surface area contributed by atoms with Crippen LogP contribution >= 0.6 is 12.2 Å². The van der Waals surface area contributed by atoms with Crippen molar-refractivity contribution in [2.75, 3.05) is 10.6 Å². The summed E-state index contributed by atoms with van der Waals surface area (Å²) in [6, 6.07) is 18.0. The van der Waals surface area contributed by atoms with Crippen LogP contribution in [0.5, 0.6) is 0 Å². The van der Waals surface area contributed by atoms with E-state index in [9.17, 15) is 0 Å². The van der Waals surface area contributed by atoms with Crippen LogP contribution < -0.4 is 10.6 Å². The Labute approximate surface area is 107 Å². The molecular weight excluding hydrogens is 228 g/mol. The lowest BCUT2D eigenvalue weighted by atomic mass is 10.2. The van der Waals surface area contributed by atoms with Crippen LogP contribution in [-0.4, -0.2) is 5.11 Å². The molecule has 3 heteroatoms. The van der Waals surface area contributed by atoms with Gasteiger partial charge in [-0.05, 0) is 49.0 Å². The third-order valence-electron chi connectivity index (χ3n) is 2.31. The molecule has 0 atom stereocenters. The van der Waals surface area contributed by atoms with E-state index in [-0.39, 0.29) is 0 Å². The molecule has 0 aliphatic rings. The molecule has 0 spiro atoms. The smallest absolute Gasteiger partial charge is 0.175 e. The van der Waals surface area contributed by atoms with Crippen molar-refractivity contribution in [1.29, 1.82) is 0 Å². The van der Waals surface area contributed by atoms with Gasteiger partial charge in [0, 0.05) is 11.4 Å². The van der Waals surface area contributed by atoms with Gasteiger partial charge in [-0.1, -0.05) is 30.3 Å². The largest absolute Gasteiger partial charge is 0.332 e. The van der Waals surface area contributed by atoms with Gasteiger partial charge in [-0.15, -0.1) is 0 Å². The van der Waals surface area contributed by atoms with Gasteiger partial charge in [0.25, 0.3) is 0 Å². The second kappa shape index (κ2) is 5.46. The van der Waals surface area contributed by atoms with Crippen molar-refractivity contribution in [2.45, 2.75) is 6.92 Å². The monoisotopic (exact) mass is 242 g/mol. The molecule has 0 saturated carbocycles. The Bertz CT molecular complexity index is 509. The molecule has 2 nitrogen and oxygen atoms in total. The van der Waals surface area contributed by atoms with Crippen molar-refractivity contribution in [3.63, 3.8) is 0 Å². The minimum atomic E-state index is 0.599. The fraction of sp³-hybridized carbons (Fsp3) is 0.0714. The highest BCUT2D eigenvalue weighted by Crippen LogP contribution is 2.11. The lowest BCUT2D eigenvalue weighted by Crippen LogP contribution is -2.18. The summed E-state index contributed by atoms with van der Waals surface area (Å²) in [6.07, 6.45) is 0. The molecule has 0 aliphatic heterocycles. The summed E-state index contributed by atoms with van der Waals surface area (Å²) in [7, 11) is 0. The lowest BCUT2D eigenvalue weighted by Gasteiger charge is -2.10. The van der Waals surface area contributed by atoms with Crippen LogP contribution in [-0.2, 0) is 0 Å². The molecule has 2 aromatic rings. The van der Waals surface area contributed by atoms with E-state index in [2.05, 4.69) is 29.7 Å². The topological polar surface area (TPSA) is 24.1 Å². The minimum absolute atomic E-state index is 0.599. The first kappa shape index (κ1) is 11.6. The zero-order chi connectivity index (χ0) is 12.1. The van der Waals surface area contributed by atoms with Crippen molar-refractivity contribution in [1.82, 2.24) is 0 Å². The van der Waals surface area contributed by atoms with E-state index >= 15 is 0 Å².